The van der Waals surface area contributed by atoms with Crippen molar-refractivity contribution in [2.24, 2.45) is 7.05 Å². The van der Waals surface area contributed by atoms with E-state index in [4.69, 9.17) is 9.52 Å². The molecule has 0 saturated carbocycles. The van der Waals surface area contributed by atoms with Crippen LogP contribution in [0.25, 0.3) is 0 Å². The van der Waals surface area contributed by atoms with Crippen LogP contribution in [0.5, 0.6) is 0 Å². The first-order chi connectivity index (χ1) is 9.31. The summed E-state index contributed by atoms with van der Waals surface area (Å²) in [6.07, 6.45) is 1.55. The predicted octanol–water partition coefficient (Wildman–Crippen LogP) is 0.498. The second-order valence-electron chi connectivity index (χ2n) is 4.11. The van der Waals surface area contributed by atoms with Gasteiger partial charge < -0.3 is 9.52 Å². The van der Waals surface area contributed by atoms with Gasteiger partial charge in [0.1, 0.15) is 10.7 Å². The van der Waals surface area contributed by atoms with Gasteiger partial charge in [-0.1, -0.05) is 0 Å². The minimum absolute atomic E-state index is 0.0277. The second kappa shape index (κ2) is 5.10. The van der Waals surface area contributed by atoms with Gasteiger partial charge in [-0.3, -0.25) is 4.68 Å². The topological polar surface area (TPSA) is 114 Å². The second-order valence-corrected chi connectivity index (χ2v) is 5.84. The highest BCUT2D eigenvalue weighted by atomic mass is 32.2. The molecule has 2 aromatic rings. The van der Waals surface area contributed by atoms with Crippen molar-refractivity contribution in [3.05, 3.63) is 35.5 Å². The summed E-state index contributed by atoms with van der Waals surface area (Å²) in [7, 11) is -2.15. The van der Waals surface area contributed by atoms with E-state index in [1.165, 1.54) is 11.6 Å². The van der Waals surface area contributed by atoms with Gasteiger partial charge in [-0.25, -0.2) is 17.9 Å². The van der Waals surface area contributed by atoms with Crippen LogP contribution in [0.3, 0.4) is 0 Å². The van der Waals surface area contributed by atoms with Crippen molar-refractivity contribution >= 4 is 16.0 Å². The van der Waals surface area contributed by atoms with E-state index in [1.807, 2.05) is 0 Å². The minimum atomic E-state index is -3.84. The Labute approximate surface area is 115 Å². The third-order valence-corrected chi connectivity index (χ3v) is 4.25. The fraction of sp³-hybridized carbons (Fsp3) is 0.273. The Hall–Kier alpha value is -2.13. The normalized spacial score (nSPS) is 11.7. The maximum Gasteiger partial charge on any atom is 0.371 e. The van der Waals surface area contributed by atoms with E-state index < -0.39 is 21.8 Å². The molecule has 0 aliphatic heterocycles. The average Bonchev–Trinajstić information content (AvgIpc) is 2.93. The molecule has 108 valence electrons. The van der Waals surface area contributed by atoms with Crippen molar-refractivity contribution in [2.75, 3.05) is 0 Å². The van der Waals surface area contributed by atoms with E-state index in [9.17, 15) is 13.2 Å². The number of aryl methyl sites for hydroxylation is 2. The minimum Gasteiger partial charge on any atom is -0.475 e. The fourth-order valence-corrected chi connectivity index (χ4v) is 2.83. The van der Waals surface area contributed by atoms with Crippen LogP contribution in [-0.2, 0) is 23.6 Å². The molecule has 20 heavy (non-hydrogen) atoms. The Balaban J connectivity index is 2.22. The van der Waals surface area contributed by atoms with Crippen molar-refractivity contribution in [1.82, 2.24) is 14.5 Å². The highest BCUT2D eigenvalue weighted by Crippen LogP contribution is 2.20. The maximum absolute atomic E-state index is 12.1. The summed E-state index contributed by atoms with van der Waals surface area (Å²) in [6, 6.07) is 2.66. The number of nitrogens with zero attached hydrogens (tertiary/aromatic N) is 2. The number of aromatic nitrogens is 2. The first kappa shape index (κ1) is 14.3. The molecule has 0 aromatic carbocycles. The molecule has 0 aliphatic carbocycles. The molecule has 2 aromatic heterocycles. The average molecular weight is 299 g/mol. The summed E-state index contributed by atoms with van der Waals surface area (Å²) in [4.78, 5) is 10.6. The van der Waals surface area contributed by atoms with Gasteiger partial charge in [0.05, 0.1) is 12.2 Å². The van der Waals surface area contributed by atoms with Gasteiger partial charge in [0.2, 0.25) is 15.8 Å². The van der Waals surface area contributed by atoms with Crippen molar-refractivity contribution < 1.29 is 22.7 Å². The van der Waals surface area contributed by atoms with Crippen LogP contribution in [0.2, 0.25) is 0 Å². The Morgan fingerprint density at radius 2 is 2.25 bits per heavy atom. The van der Waals surface area contributed by atoms with Crippen molar-refractivity contribution in [3.8, 4) is 0 Å². The summed E-state index contributed by atoms with van der Waals surface area (Å²) in [6.45, 7) is 1.44. The summed E-state index contributed by atoms with van der Waals surface area (Å²) >= 11 is 0. The zero-order valence-corrected chi connectivity index (χ0v) is 11.6. The highest BCUT2D eigenvalue weighted by Gasteiger charge is 2.23. The van der Waals surface area contributed by atoms with Gasteiger partial charge in [0, 0.05) is 19.3 Å². The number of hydrogen-bond acceptors (Lipinski definition) is 5. The molecule has 0 spiro atoms. The number of rotatable bonds is 5. The van der Waals surface area contributed by atoms with E-state index in [0.717, 1.165) is 6.07 Å². The van der Waals surface area contributed by atoms with Gasteiger partial charge >= 0.3 is 5.97 Å². The molecule has 0 fully saturated rings. The largest absolute Gasteiger partial charge is 0.475 e. The van der Waals surface area contributed by atoms with Crippen molar-refractivity contribution in [3.63, 3.8) is 0 Å². The predicted molar refractivity (Wildman–Crippen MR) is 67.6 cm³/mol. The number of carboxylic acids is 1. The summed E-state index contributed by atoms with van der Waals surface area (Å²) in [5.41, 5.74) is 0.674. The summed E-state index contributed by atoms with van der Waals surface area (Å²) in [5.74, 6) is -1.70. The third-order valence-electron chi connectivity index (χ3n) is 2.74. The molecule has 8 nitrogen and oxygen atoms in total. The van der Waals surface area contributed by atoms with E-state index in [2.05, 4.69) is 9.82 Å². The zero-order valence-electron chi connectivity index (χ0n) is 10.8. The smallest absolute Gasteiger partial charge is 0.371 e. The Morgan fingerprint density at radius 1 is 1.55 bits per heavy atom. The molecule has 0 radical (unpaired) electrons. The molecule has 2 heterocycles. The molecular weight excluding hydrogens is 286 g/mol. The molecule has 0 saturated heterocycles. The highest BCUT2D eigenvalue weighted by molar-refractivity contribution is 7.89. The van der Waals surface area contributed by atoms with E-state index >= 15 is 0 Å². The lowest BCUT2D eigenvalue weighted by atomic mass is 10.4. The molecule has 9 heteroatoms. The van der Waals surface area contributed by atoms with Crippen LogP contribution in [0.4, 0.5) is 0 Å². The van der Waals surface area contributed by atoms with Gasteiger partial charge in [0.25, 0.3) is 0 Å². The Bertz CT molecular complexity index is 744. The van der Waals surface area contributed by atoms with Crippen molar-refractivity contribution in [2.45, 2.75) is 18.4 Å². The van der Waals surface area contributed by atoms with Gasteiger partial charge in [-0.2, -0.15) is 5.10 Å². The number of carbonyl (C=O) groups is 1. The molecule has 0 atom stereocenters. The molecule has 2 N–H and O–H groups in total. The molecule has 0 amide bonds. The molecule has 2 rings (SSSR count). The number of nitrogens with one attached hydrogen (secondary N) is 1. The lowest BCUT2D eigenvalue weighted by molar-refractivity contribution is 0.0661. The van der Waals surface area contributed by atoms with E-state index in [1.54, 1.807) is 19.3 Å². The Morgan fingerprint density at radius 3 is 2.75 bits per heavy atom. The van der Waals surface area contributed by atoms with Crippen LogP contribution in [0.15, 0.2) is 27.6 Å². The molecule has 0 aliphatic rings. The Kier molecular flexibility index (Phi) is 3.64. The quantitative estimate of drug-likeness (QED) is 0.830. The van der Waals surface area contributed by atoms with Crippen LogP contribution in [-0.4, -0.2) is 29.3 Å². The van der Waals surface area contributed by atoms with Crippen LogP contribution in [0, 0.1) is 6.92 Å². The standard InChI is InChI=1S/C11H13N3O5S/c1-7-10(5-9(19-7)11(15)16)20(17,18)13-6-8-3-4-12-14(8)2/h3-5,13H,6H2,1-2H3,(H,15,16). The van der Waals surface area contributed by atoms with Crippen LogP contribution in [0.1, 0.15) is 22.0 Å². The number of furan rings is 1. The van der Waals surface area contributed by atoms with Gasteiger partial charge in [-0.15, -0.1) is 0 Å². The van der Waals surface area contributed by atoms with Crippen LogP contribution >= 0.6 is 0 Å². The maximum atomic E-state index is 12.1. The van der Waals surface area contributed by atoms with Gasteiger partial charge in [0.15, 0.2) is 0 Å². The lowest BCUT2D eigenvalue weighted by Gasteiger charge is -2.05. The zero-order chi connectivity index (χ0) is 14.9. The molecule has 0 bridgehead atoms. The number of carboxylic acid groups (broad SMARTS) is 1. The SMILES string of the molecule is Cc1oc(C(=O)O)cc1S(=O)(=O)NCc1ccnn1C. The van der Waals surface area contributed by atoms with Gasteiger partial charge in [-0.05, 0) is 13.0 Å². The molecular formula is C11H13N3O5S. The summed E-state index contributed by atoms with van der Waals surface area (Å²) in [5, 5.41) is 12.7. The first-order valence-corrected chi connectivity index (χ1v) is 7.10. The number of aromatic carboxylic acids is 1. The molecule has 0 unspecified atom stereocenters. The monoisotopic (exact) mass is 299 g/mol. The lowest BCUT2D eigenvalue weighted by Crippen LogP contribution is -2.24. The van der Waals surface area contributed by atoms with Crippen LogP contribution < -0.4 is 4.72 Å². The summed E-state index contributed by atoms with van der Waals surface area (Å²) < 4.78 is 33.0. The van der Waals surface area contributed by atoms with Crippen molar-refractivity contribution in [1.29, 1.82) is 0 Å². The number of sulfonamides is 1. The third kappa shape index (κ3) is 2.73. The van der Waals surface area contributed by atoms with E-state index in [0.29, 0.717) is 5.69 Å². The van der Waals surface area contributed by atoms with E-state index in [-0.39, 0.29) is 17.2 Å². The first-order valence-electron chi connectivity index (χ1n) is 5.61. The number of hydrogen-bond donors (Lipinski definition) is 2. The fourth-order valence-electron chi connectivity index (χ4n) is 1.66.